The van der Waals surface area contributed by atoms with Crippen LogP contribution >= 0.6 is 0 Å². The number of nitrogens with zero attached hydrogens (tertiary/aromatic N) is 2. The number of carbonyl (C=O) groups excluding carboxylic acids is 1. The Labute approximate surface area is 89.3 Å². The molecule has 1 aliphatic rings. The second-order valence-electron chi connectivity index (χ2n) is 4.03. The molecule has 0 spiro atoms. The normalized spacial score (nSPS) is 21.6. The van der Waals surface area contributed by atoms with Crippen molar-refractivity contribution in [1.29, 1.82) is 0 Å². The smallest absolute Gasteiger partial charge is 0.186 e. The van der Waals surface area contributed by atoms with Gasteiger partial charge in [-0.15, -0.1) is 0 Å². The predicted molar refractivity (Wildman–Crippen MR) is 55.8 cm³/mol. The Kier molecular flexibility index (Phi) is 2.86. The molecule has 0 saturated carbocycles. The molecule has 2 rings (SSSR count). The van der Waals surface area contributed by atoms with Gasteiger partial charge in [0.25, 0.3) is 0 Å². The van der Waals surface area contributed by atoms with Gasteiger partial charge in [0.2, 0.25) is 0 Å². The molecule has 0 aromatic carbocycles. The van der Waals surface area contributed by atoms with Crippen molar-refractivity contribution in [1.82, 2.24) is 9.55 Å². The fraction of sp³-hybridized carbons (Fsp3) is 0.636. The summed E-state index contributed by atoms with van der Waals surface area (Å²) in [7, 11) is 1.87. The lowest BCUT2D eigenvalue weighted by atomic mass is 9.96. The summed E-state index contributed by atoms with van der Waals surface area (Å²) in [6.07, 6.45) is 3.57. The first kappa shape index (κ1) is 10.4. The molecule has 4 nitrogen and oxygen atoms in total. The minimum atomic E-state index is 0.0218. The van der Waals surface area contributed by atoms with E-state index in [1.54, 1.807) is 6.20 Å². The summed E-state index contributed by atoms with van der Waals surface area (Å²) in [5.74, 6) is 1.06. The van der Waals surface area contributed by atoms with Crippen molar-refractivity contribution in [3.63, 3.8) is 0 Å². The first-order chi connectivity index (χ1) is 7.20. The van der Waals surface area contributed by atoms with Crippen LogP contribution in [0.25, 0.3) is 0 Å². The molecule has 1 saturated heterocycles. The summed E-state index contributed by atoms with van der Waals surface area (Å²) in [4.78, 5) is 16.2. The van der Waals surface area contributed by atoms with Crippen molar-refractivity contribution < 1.29 is 9.53 Å². The van der Waals surface area contributed by atoms with Gasteiger partial charge in [-0.1, -0.05) is 0 Å². The summed E-state index contributed by atoms with van der Waals surface area (Å²) < 4.78 is 7.17. The van der Waals surface area contributed by atoms with Gasteiger partial charge in [0, 0.05) is 19.6 Å². The number of imidazole rings is 1. The van der Waals surface area contributed by atoms with E-state index in [0.29, 0.717) is 12.3 Å². The Hall–Kier alpha value is -1.16. The van der Waals surface area contributed by atoms with Crippen LogP contribution in [0.4, 0.5) is 0 Å². The van der Waals surface area contributed by atoms with Gasteiger partial charge in [-0.2, -0.15) is 0 Å². The van der Waals surface area contributed by atoms with Gasteiger partial charge in [0.15, 0.2) is 5.78 Å². The number of hydrogen-bond donors (Lipinski definition) is 0. The second kappa shape index (κ2) is 4.14. The molecule has 1 aromatic heterocycles. The number of rotatable bonds is 2. The number of ketones is 1. The lowest BCUT2D eigenvalue weighted by molar-refractivity contribution is 0.0456. The lowest BCUT2D eigenvalue weighted by Gasteiger charge is -2.20. The molecule has 2 heterocycles. The van der Waals surface area contributed by atoms with E-state index in [2.05, 4.69) is 4.98 Å². The maximum absolute atomic E-state index is 12.1. The number of aromatic nitrogens is 2. The first-order valence-electron chi connectivity index (χ1n) is 5.30. The molecule has 1 aromatic rings. The summed E-state index contributed by atoms with van der Waals surface area (Å²) in [5, 5.41) is 0. The van der Waals surface area contributed by atoms with Crippen molar-refractivity contribution in [3.8, 4) is 0 Å². The molecular formula is C11H16N2O2. The summed E-state index contributed by atoms with van der Waals surface area (Å²) in [6, 6.07) is 0. The fourth-order valence-corrected chi connectivity index (χ4v) is 1.89. The Morgan fingerprint density at radius 2 is 2.47 bits per heavy atom. The van der Waals surface area contributed by atoms with Crippen LogP contribution in [-0.4, -0.2) is 28.5 Å². The van der Waals surface area contributed by atoms with E-state index in [1.807, 2.05) is 18.5 Å². The summed E-state index contributed by atoms with van der Waals surface area (Å²) in [5.41, 5.74) is 0.697. The van der Waals surface area contributed by atoms with Crippen molar-refractivity contribution in [2.75, 3.05) is 13.2 Å². The van der Waals surface area contributed by atoms with Crippen LogP contribution < -0.4 is 0 Å². The van der Waals surface area contributed by atoms with Gasteiger partial charge < -0.3 is 9.30 Å². The average Bonchev–Trinajstić information content (AvgIpc) is 2.60. The van der Waals surface area contributed by atoms with E-state index in [-0.39, 0.29) is 11.7 Å². The summed E-state index contributed by atoms with van der Waals surface area (Å²) in [6.45, 7) is 3.24. The van der Waals surface area contributed by atoms with Crippen molar-refractivity contribution >= 4 is 5.78 Å². The van der Waals surface area contributed by atoms with Crippen LogP contribution in [0.1, 0.15) is 29.2 Å². The maximum Gasteiger partial charge on any atom is 0.186 e. The van der Waals surface area contributed by atoms with Crippen molar-refractivity contribution in [2.24, 2.45) is 13.0 Å². The third-order valence-electron chi connectivity index (χ3n) is 3.00. The van der Waals surface area contributed by atoms with Crippen LogP contribution in [0.15, 0.2) is 6.20 Å². The summed E-state index contributed by atoms with van der Waals surface area (Å²) >= 11 is 0. The van der Waals surface area contributed by atoms with Crippen molar-refractivity contribution in [2.45, 2.75) is 19.8 Å². The highest BCUT2D eigenvalue weighted by atomic mass is 16.5. The third kappa shape index (κ3) is 1.95. The van der Waals surface area contributed by atoms with E-state index < -0.39 is 0 Å². The number of Topliss-reactive ketones (excluding diaryl/α,β-unsaturated/α-hetero) is 1. The molecule has 15 heavy (non-hydrogen) atoms. The maximum atomic E-state index is 12.1. The molecule has 0 amide bonds. The number of hydrogen-bond acceptors (Lipinski definition) is 3. The molecule has 1 atom stereocenters. The molecule has 0 bridgehead atoms. The van der Waals surface area contributed by atoms with Crippen LogP contribution in [0.5, 0.6) is 0 Å². The fourth-order valence-electron chi connectivity index (χ4n) is 1.89. The zero-order valence-electron chi connectivity index (χ0n) is 9.19. The minimum Gasteiger partial charge on any atom is -0.381 e. The molecule has 0 N–H and O–H groups in total. The van der Waals surface area contributed by atoms with Gasteiger partial charge in [0.05, 0.1) is 12.8 Å². The highest BCUT2D eigenvalue weighted by molar-refractivity contribution is 5.96. The first-order valence-corrected chi connectivity index (χ1v) is 5.30. The molecule has 4 heteroatoms. The van der Waals surface area contributed by atoms with Gasteiger partial charge in [0.1, 0.15) is 11.5 Å². The largest absolute Gasteiger partial charge is 0.381 e. The topological polar surface area (TPSA) is 44.1 Å². The van der Waals surface area contributed by atoms with Gasteiger partial charge in [-0.3, -0.25) is 4.79 Å². The van der Waals surface area contributed by atoms with Gasteiger partial charge >= 0.3 is 0 Å². The molecular weight excluding hydrogens is 192 g/mol. The third-order valence-corrected chi connectivity index (χ3v) is 3.00. The minimum absolute atomic E-state index is 0.0218. The zero-order chi connectivity index (χ0) is 10.8. The quantitative estimate of drug-likeness (QED) is 0.689. The average molecular weight is 208 g/mol. The van der Waals surface area contributed by atoms with Crippen molar-refractivity contribution in [3.05, 3.63) is 17.7 Å². The Balaban J connectivity index is 2.16. The standard InChI is InChI=1S/C11H16N2O2/c1-8-12-6-10(13(8)2)11(14)9-4-3-5-15-7-9/h6,9H,3-5,7H2,1-2H3. The Bertz CT molecular complexity index is 365. The second-order valence-corrected chi connectivity index (χ2v) is 4.03. The van der Waals surface area contributed by atoms with Crippen LogP contribution in [-0.2, 0) is 11.8 Å². The number of carbonyl (C=O) groups is 1. The number of aryl methyl sites for hydroxylation is 1. The zero-order valence-corrected chi connectivity index (χ0v) is 9.19. The lowest BCUT2D eigenvalue weighted by Crippen LogP contribution is -2.26. The Morgan fingerprint density at radius 3 is 3.00 bits per heavy atom. The van der Waals surface area contributed by atoms with Gasteiger partial charge in [-0.05, 0) is 19.8 Å². The monoisotopic (exact) mass is 208 g/mol. The Morgan fingerprint density at radius 1 is 1.67 bits per heavy atom. The van der Waals surface area contributed by atoms with Crippen LogP contribution in [0, 0.1) is 12.8 Å². The highest BCUT2D eigenvalue weighted by Gasteiger charge is 2.25. The molecule has 1 fully saturated rings. The van der Waals surface area contributed by atoms with E-state index in [0.717, 1.165) is 25.3 Å². The number of ether oxygens (including phenoxy) is 1. The molecule has 0 aliphatic carbocycles. The molecule has 82 valence electrons. The molecule has 1 unspecified atom stereocenters. The SMILES string of the molecule is Cc1ncc(C(=O)C2CCCOC2)n1C. The van der Waals surface area contributed by atoms with E-state index >= 15 is 0 Å². The van der Waals surface area contributed by atoms with Crippen LogP contribution in [0.2, 0.25) is 0 Å². The molecule has 1 aliphatic heterocycles. The van der Waals surface area contributed by atoms with Crippen LogP contribution in [0.3, 0.4) is 0 Å². The van der Waals surface area contributed by atoms with E-state index in [9.17, 15) is 4.79 Å². The predicted octanol–water partition coefficient (Wildman–Crippen LogP) is 1.34. The molecule has 0 radical (unpaired) electrons. The van der Waals surface area contributed by atoms with E-state index in [1.165, 1.54) is 0 Å². The highest BCUT2D eigenvalue weighted by Crippen LogP contribution is 2.19. The van der Waals surface area contributed by atoms with Gasteiger partial charge in [-0.25, -0.2) is 4.98 Å². The van der Waals surface area contributed by atoms with E-state index in [4.69, 9.17) is 4.74 Å².